The van der Waals surface area contributed by atoms with Crippen LogP contribution in [0.2, 0.25) is 0 Å². The smallest absolute Gasteiger partial charge is 0.325 e. The molecular formula is C21H23N3O6. The van der Waals surface area contributed by atoms with Crippen molar-refractivity contribution in [2.45, 2.75) is 32.0 Å². The van der Waals surface area contributed by atoms with Crippen LogP contribution in [0, 0.1) is 0 Å². The average Bonchev–Trinajstić information content (AvgIpc) is 3.36. The van der Waals surface area contributed by atoms with Crippen LogP contribution in [0.5, 0.6) is 11.5 Å². The van der Waals surface area contributed by atoms with Gasteiger partial charge in [-0.2, -0.15) is 0 Å². The number of benzene rings is 1. The van der Waals surface area contributed by atoms with Crippen LogP contribution < -0.4 is 14.8 Å². The minimum atomic E-state index is -0.869. The molecule has 158 valence electrons. The summed E-state index contributed by atoms with van der Waals surface area (Å²) in [5.74, 6) is 1.16. The van der Waals surface area contributed by atoms with E-state index >= 15 is 0 Å². The highest BCUT2D eigenvalue weighted by atomic mass is 16.5. The van der Waals surface area contributed by atoms with Crippen molar-refractivity contribution in [2.75, 3.05) is 20.8 Å². The summed E-state index contributed by atoms with van der Waals surface area (Å²) in [5, 5.41) is 2.60. The van der Waals surface area contributed by atoms with Crippen LogP contribution in [0.1, 0.15) is 23.3 Å². The first-order valence-electron chi connectivity index (χ1n) is 9.66. The third-order valence-electron chi connectivity index (χ3n) is 5.45. The fraction of sp³-hybridized carbons (Fsp3) is 0.381. The Kier molecular flexibility index (Phi) is 5.35. The number of hydrogen-bond acceptors (Lipinski definition) is 6. The van der Waals surface area contributed by atoms with E-state index in [1.807, 2.05) is 12.1 Å². The number of fused-ring (bicyclic) bond motifs is 1. The molecule has 2 aliphatic rings. The van der Waals surface area contributed by atoms with Crippen molar-refractivity contribution < 1.29 is 28.3 Å². The average molecular weight is 413 g/mol. The van der Waals surface area contributed by atoms with Crippen molar-refractivity contribution in [3.05, 3.63) is 47.4 Å². The minimum Gasteiger partial charge on any atom is -0.493 e. The summed E-state index contributed by atoms with van der Waals surface area (Å²) in [4.78, 5) is 40.4. The van der Waals surface area contributed by atoms with E-state index in [4.69, 9.17) is 13.9 Å². The molecule has 2 aliphatic heterocycles. The summed E-state index contributed by atoms with van der Waals surface area (Å²) in [6.07, 6.45) is 2.08. The van der Waals surface area contributed by atoms with Gasteiger partial charge < -0.3 is 24.1 Å². The molecule has 1 fully saturated rings. The molecule has 9 heteroatoms. The second-order valence-corrected chi connectivity index (χ2v) is 7.25. The standard InChI is InChI=1S/C21H23N3O6/c1-28-17-8-13-5-6-23(11-14(13)9-18(17)29-2)19(25)10-16-20(26)24(21(27)22-16)12-15-4-3-7-30-15/h3-4,7-9,16H,5-6,10-12H2,1-2H3,(H,22,27)/t16-/m1/s1. The number of hydrogen-bond donors (Lipinski definition) is 1. The van der Waals surface area contributed by atoms with E-state index in [0.717, 1.165) is 16.0 Å². The Morgan fingerprint density at radius 2 is 1.93 bits per heavy atom. The number of urea groups is 1. The van der Waals surface area contributed by atoms with Gasteiger partial charge in [-0.1, -0.05) is 0 Å². The number of carbonyl (C=O) groups is 3. The zero-order chi connectivity index (χ0) is 21.3. The number of imide groups is 1. The van der Waals surface area contributed by atoms with Crippen LogP contribution in [0.4, 0.5) is 4.79 Å². The van der Waals surface area contributed by atoms with Gasteiger partial charge in [0.25, 0.3) is 5.91 Å². The maximum Gasteiger partial charge on any atom is 0.325 e. The number of methoxy groups -OCH3 is 2. The lowest BCUT2D eigenvalue weighted by atomic mass is 9.98. The Hall–Kier alpha value is -3.49. The van der Waals surface area contributed by atoms with Gasteiger partial charge in [-0.25, -0.2) is 4.79 Å². The molecule has 0 bridgehead atoms. The van der Waals surface area contributed by atoms with Crippen molar-refractivity contribution in [3.8, 4) is 11.5 Å². The number of nitrogens with zero attached hydrogens (tertiary/aromatic N) is 2. The summed E-state index contributed by atoms with van der Waals surface area (Å²) in [6, 6.07) is 5.80. The van der Waals surface area contributed by atoms with E-state index in [0.29, 0.717) is 36.8 Å². The maximum absolute atomic E-state index is 12.8. The van der Waals surface area contributed by atoms with E-state index in [2.05, 4.69) is 5.32 Å². The van der Waals surface area contributed by atoms with E-state index in [9.17, 15) is 14.4 Å². The normalized spacial score (nSPS) is 18.3. The highest BCUT2D eigenvalue weighted by Gasteiger charge is 2.40. The second kappa shape index (κ2) is 8.10. The first-order valence-corrected chi connectivity index (χ1v) is 9.66. The summed E-state index contributed by atoms with van der Waals surface area (Å²) in [7, 11) is 3.16. The van der Waals surface area contributed by atoms with Crippen LogP contribution in [0.15, 0.2) is 34.9 Å². The Labute approximate surface area is 173 Å². The zero-order valence-electron chi connectivity index (χ0n) is 16.8. The molecule has 4 rings (SSSR count). The van der Waals surface area contributed by atoms with Crippen LogP contribution >= 0.6 is 0 Å². The molecule has 0 radical (unpaired) electrons. The molecule has 1 atom stereocenters. The van der Waals surface area contributed by atoms with Crippen molar-refractivity contribution in [3.63, 3.8) is 0 Å². The number of ether oxygens (including phenoxy) is 2. The molecule has 3 heterocycles. The lowest BCUT2D eigenvalue weighted by Crippen LogP contribution is -2.41. The topological polar surface area (TPSA) is 101 Å². The van der Waals surface area contributed by atoms with E-state index in [1.54, 1.807) is 31.3 Å². The first-order chi connectivity index (χ1) is 14.5. The van der Waals surface area contributed by atoms with Crippen molar-refractivity contribution in [1.29, 1.82) is 0 Å². The largest absolute Gasteiger partial charge is 0.493 e. The van der Waals surface area contributed by atoms with Gasteiger partial charge in [0.1, 0.15) is 11.8 Å². The number of carbonyl (C=O) groups excluding carboxylic acids is 3. The SMILES string of the molecule is COc1cc2c(cc1OC)CN(C(=O)C[C@H]1NC(=O)N(Cc3ccco3)C1=O)CC2. The van der Waals surface area contributed by atoms with Crippen LogP contribution in [-0.2, 0) is 29.1 Å². The molecule has 1 aromatic carbocycles. The molecule has 0 saturated carbocycles. The highest BCUT2D eigenvalue weighted by molar-refractivity contribution is 6.05. The van der Waals surface area contributed by atoms with Crippen LogP contribution in [0.3, 0.4) is 0 Å². The van der Waals surface area contributed by atoms with Gasteiger partial charge in [-0.05, 0) is 41.8 Å². The zero-order valence-corrected chi connectivity index (χ0v) is 16.8. The summed E-state index contributed by atoms with van der Waals surface area (Å²) < 4.78 is 15.9. The van der Waals surface area contributed by atoms with Gasteiger partial charge in [0.05, 0.1) is 33.4 Å². The lowest BCUT2D eigenvalue weighted by Gasteiger charge is -2.30. The number of rotatable bonds is 6. The fourth-order valence-electron chi connectivity index (χ4n) is 3.82. The summed E-state index contributed by atoms with van der Waals surface area (Å²) >= 11 is 0. The number of nitrogens with one attached hydrogen (secondary N) is 1. The molecule has 2 aromatic rings. The Bertz CT molecular complexity index is 971. The Morgan fingerprint density at radius 3 is 2.60 bits per heavy atom. The third-order valence-corrected chi connectivity index (χ3v) is 5.45. The van der Waals surface area contributed by atoms with E-state index < -0.39 is 18.0 Å². The van der Waals surface area contributed by atoms with Crippen LogP contribution in [0.25, 0.3) is 0 Å². The number of furan rings is 1. The first kappa shape index (κ1) is 19.8. The Morgan fingerprint density at radius 1 is 1.20 bits per heavy atom. The van der Waals surface area contributed by atoms with Gasteiger partial charge in [-0.3, -0.25) is 14.5 Å². The molecule has 0 aliphatic carbocycles. The molecular weight excluding hydrogens is 390 g/mol. The summed E-state index contributed by atoms with van der Waals surface area (Å²) in [6.45, 7) is 0.993. The van der Waals surface area contributed by atoms with Gasteiger partial charge in [0.15, 0.2) is 11.5 Å². The number of amides is 4. The van der Waals surface area contributed by atoms with E-state index in [-0.39, 0.29) is 18.9 Å². The molecule has 0 spiro atoms. The quantitative estimate of drug-likeness (QED) is 0.724. The van der Waals surface area contributed by atoms with E-state index in [1.165, 1.54) is 6.26 Å². The molecule has 1 saturated heterocycles. The highest BCUT2D eigenvalue weighted by Crippen LogP contribution is 2.33. The third kappa shape index (κ3) is 3.70. The van der Waals surface area contributed by atoms with Crippen LogP contribution in [-0.4, -0.2) is 54.5 Å². The van der Waals surface area contributed by atoms with Gasteiger partial charge in [0.2, 0.25) is 5.91 Å². The minimum absolute atomic E-state index is 0.0427. The maximum atomic E-state index is 12.8. The fourth-order valence-corrected chi connectivity index (χ4v) is 3.82. The van der Waals surface area contributed by atoms with Crippen molar-refractivity contribution in [1.82, 2.24) is 15.1 Å². The van der Waals surface area contributed by atoms with Crippen molar-refractivity contribution >= 4 is 17.8 Å². The van der Waals surface area contributed by atoms with Gasteiger partial charge in [0, 0.05) is 13.1 Å². The Balaban J connectivity index is 1.41. The van der Waals surface area contributed by atoms with Gasteiger partial charge in [-0.15, -0.1) is 0 Å². The molecule has 30 heavy (non-hydrogen) atoms. The predicted molar refractivity (Wildman–Crippen MR) is 105 cm³/mol. The second-order valence-electron chi connectivity index (χ2n) is 7.25. The van der Waals surface area contributed by atoms with Gasteiger partial charge >= 0.3 is 6.03 Å². The molecule has 4 amide bonds. The van der Waals surface area contributed by atoms with Crippen molar-refractivity contribution in [2.24, 2.45) is 0 Å². The molecule has 1 aromatic heterocycles. The molecule has 9 nitrogen and oxygen atoms in total. The lowest BCUT2D eigenvalue weighted by molar-refractivity contribution is -0.136. The molecule has 1 N–H and O–H groups in total. The monoisotopic (exact) mass is 413 g/mol. The molecule has 0 unspecified atom stereocenters. The predicted octanol–water partition coefficient (Wildman–Crippen LogP) is 1.69. The summed E-state index contributed by atoms with van der Waals surface area (Å²) in [5.41, 5.74) is 2.08.